The number of non-ortho nitro benzene ring substituents is 1. The van der Waals surface area contributed by atoms with Crippen molar-refractivity contribution in [1.29, 1.82) is 0 Å². The number of benzene rings is 2. The molecule has 0 aliphatic carbocycles. The Balaban J connectivity index is 2.20. The maximum Gasteiger partial charge on any atom is 0.270 e. The molecular formula is C15H13ClN2O4. The Bertz CT molecular complexity index is 718. The predicted molar refractivity (Wildman–Crippen MR) is 82.3 cm³/mol. The molecule has 0 bridgehead atoms. The van der Waals surface area contributed by atoms with Crippen molar-refractivity contribution >= 4 is 23.2 Å². The van der Waals surface area contributed by atoms with Crippen molar-refractivity contribution in [3.8, 4) is 5.75 Å². The van der Waals surface area contributed by atoms with Crippen molar-refractivity contribution in [3.05, 3.63) is 68.7 Å². The summed E-state index contributed by atoms with van der Waals surface area (Å²) in [4.78, 5) is 22.5. The van der Waals surface area contributed by atoms with Crippen LogP contribution < -0.4 is 10.1 Å². The second kappa shape index (κ2) is 6.91. The standard InChI is InChI=1S/C15H13ClN2O4/c1-22-14-7-6-11(18(20)21)8-12(14)15(19)17-9-10-4-2-3-5-13(10)16/h2-8H,9H2,1H3,(H,17,19). The molecule has 7 heteroatoms. The molecule has 0 aliphatic heterocycles. The molecule has 2 aromatic carbocycles. The number of methoxy groups -OCH3 is 1. The van der Waals surface area contributed by atoms with Crippen LogP contribution in [-0.4, -0.2) is 17.9 Å². The Hall–Kier alpha value is -2.60. The quantitative estimate of drug-likeness (QED) is 0.677. The number of nitrogens with zero attached hydrogens (tertiary/aromatic N) is 1. The van der Waals surface area contributed by atoms with Crippen molar-refractivity contribution in [3.63, 3.8) is 0 Å². The van der Waals surface area contributed by atoms with E-state index in [1.54, 1.807) is 24.3 Å². The largest absolute Gasteiger partial charge is 0.496 e. The molecule has 1 N–H and O–H groups in total. The summed E-state index contributed by atoms with van der Waals surface area (Å²) in [6, 6.07) is 11.0. The first-order chi connectivity index (χ1) is 10.5. The zero-order valence-electron chi connectivity index (χ0n) is 11.7. The van der Waals surface area contributed by atoms with E-state index in [-0.39, 0.29) is 23.5 Å². The number of nitrogens with one attached hydrogen (secondary N) is 1. The molecule has 22 heavy (non-hydrogen) atoms. The molecule has 0 aromatic heterocycles. The molecule has 0 spiro atoms. The average molecular weight is 321 g/mol. The molecule has 0 fully saturated rings. The minimum absolute atomic E-state index is 0.101. The lowest BCUT2D eigenvalue weighted by Gasteiger charge is -2.10. The highest BCUT2D eigenvalue weighted by Gasteiger charge is 2.17. The van der Waals surface area contributed by atoms with Crippen molar-refractivity contribution in [2.75, 3.05) is 7.11 Å². The average Bonchev–Trinajstić information content (AvgIpc) is 2.53. The second-order valence-corrected chi connectivity index (χ2v) is 4.82. The lowest BCUT2D eigenvalue weighted by atomic mass is 10.1. The lowest BCUT2D eigenvalue weighted by Crippen LogP contribution is -2.23. The van der Waals surface area contributed by atoms with E-state index >= 15 is 0 Å². The van der Waals surface area contributed by atoms with Crippen LogP contribution in [0.5, 0.6) is 5.75 Å². The van der Waals surface area contributed by atoms with E-state index in [1.165, 1.54) is 25.3 Å². The van der Waals surface area contributed by atoms with Gasteiger partial charge in [0, 0.05) is 23.7 Å². The van der Waals surface area contributed by atoms with Gasteiger partial charge in [0.1, 0.15) is 5.75 Å². The number of hydrogen-bond donors (Lipinski definition) is 1. The summed E-state index contributed by atoms with van der Waals surface area (Å²) in [6.07, 6.45) is 0. The Morgan fingerprint density at radius 1 is 1.32 bits per heavy atom. The van der Waals surface area contributed by atoms with E-state index in [1.807, 2.05) is 0 Å². The third-order valence-electron chi connectivity index (χ3n) is 3.04. The number of ether oxygens (including phenoxy) is 1. The van der Waals surface area contributed by atoms with Crippen LogP contribution in [0.4, 0.5) is 5.69 Å². The summed E-state index contributed by atoms with van der Waals surface area (Å²) >= 11 is 6.01. The Kier molecular flexibility index (Phi) is 4.95. The molecule has 0 heterocycles. The highest BCUT2D eigenvalue weighted by Crippen LogP contribution is 2.24. The molecule has 0 atom stereocenters. The number of nitro groups is 1. The summed E-state index contributed by atoms with van der Waals surface area (Å²) in [5, 5.41) is 14.0. The van der Waals surface area contributed by atoms with Gasteiger partial charge in [-0.15, -0.1) is 0 Å². The van der Waals surface area contributed by atoms with Crippen LogP contribution in [0, 0.1) is 10.1 Å². The van der Waals surface area contributed by atoms with Crippen molar-refractivity contribution in [2.45, 2.75) is 6.54 Å². The SMILES string of the molecule is COc1ccc([N+](=O)[O-])cc1C(=O)NCc1ccccc1Cl. The molecule has 1 amide bonds. The molecule has 2 aromatic rings. The van der Waals surface area contributed by atoms with E-state index < -0.39 is 10.8 Å². The van der Waals surface area contributed by atoms with Crippen molar-refractivity contribution in [2.24, 2.45) is 0 Å². The zero-order valence-corrected chi connectivity index (χ0v) is 12.5. The number of amides is 1. The van der Waals surface area contributed by atoms with E-state index in [4.69, 9.17) is 16.3 Å². The first-order valence-corrected chi connectivity index (χ1v) is 6.74. The number of carbonyl (C=O) groups excluding carboxylic acids is 1. The van der Waals surface area contributed by atoms with Gasteiger partial charge in [0.2, 0.25) is 0 Å². The van der Waals surface area contributed by atoms with E-state index in [0.717, 1.165) is 5.56 Å². The smallest absolute Gasteiger partial charge is 0.270 e. The number of rotatable bonds is 5. The monoisotopic (exact) mass is 320 g/mol. The summed E-state index contributed by atoms with van der Waals surface area (Å²) in [5.74, 6) is -0.206. The van der Waals surface area contributed by atoms with Crippen molar-refractivity contribution < 1.29 is 14.5 Å². The van der Waals surface area contributed by atoms with Gasteiger partial charge in [-0.05, 0) is 17.7 Å². The van der Waals surface area contributed by atoms with Gasteiger partial charge in [0.05, 0.1) is 17.6 Å². The minimum Gasteiger partial charge on any atom is -0.496 e. The molecule has 0 aliphatic rings. The molecule has 114 valence electrons. The first kappa shape index (κ1) is 15.8. The maximum absolute atomic E-state index is 12.2. The Morgan fingerprint density at radius 3 is 2.68 bits per heavy atom. The van der Waals surface area contributed by atoms with E-state index in [2.05, 4.69) is 5.32 Å². The molecule has 0 saturated carbocycles. The third kappa shape index (κ3) is 3.53. The van der Waals surface area contributed by atoms with Crippen molar-refractivity contribution in [1.82, 2.24) is 5.32 Å². The number of halogens is 1. The first-order valence-electron chi connectivity index (χ1n) is 6.37. The fourth-order valence-electron chi connectivity index (χ4n) is 1.90. The van der Waals surface area contributed by atoms with Gasteiger partial charge in [-0.1, -0.05) is 29.8 Å². The minimum atomic E-state index is -0.565. The molecular weight excluding hydrogens is 308 g/mol. The topological polar surface area (TPSA) is 81.5 Å². The summed E-state index contributed by atoms with van der Waals surface area (Å²) in [7, 11) is 1.39. The van der Waals surface area contributed by atoms with Gasteiger partial charge in [-0.3, -0.25) is 14.9 Å². The lowest BCUT2D eigenvalue weighted by molar-refractivity contribution is -0.384. The van der Waals surface area contributed by atoms with Crippen LogP contribution in [0.25, 0.3) is 0 Å². The van der Waals surface area contributed by atoms with Crippen LogP contribution >= 0.6 is 11.6 Å². The third-order valence-corrected chi connectivity index (χ3v) is 3.40. The van der Waals surface area contributed by atoms with Crippen LogP contribution in [0.1, 0.15) is 15.9 Å². The molecule has 6 nitrogen and oxygen atoms in total. The fraction of sp³-hybridized carbons (Fsp3) is 0.133. The van der Waals surface area contributed by atoms with Gasteiger partial charge in [0.25, 0.3) is 11.6 Å². The molecule has 0 radical (unpaired) electrons. The van der Waals surface area contributed by atoms with Gasteiger partial charge in [-0.2, -0.15) is 0 Å². The normalized spacial score (nSPS) is 10.1. The predicted octanol–water partition coefficient (Wildman–Crippen LogP) is 3.19. The van der Waals surface area contributed by atoms with Crippen LogP contribution in [0.15, 0.2) is 42.5 Å². The van der Waals surface area contributed by atoms with Gasteiger partial charge >= 0.3 is 0 Å². The Labute approximate surface area is 131 Å². The maximum atomic E-state index is 12.2. The van der Waals surface area contributed by atoms with E-state index in [9.17, 15) is 14.9 Å². The summed E-state index contributed by atoms with van der Waals surface area (Å²) in [6.45, 7) is 0.213. The molecule has 0 unspecified atom stereocenters. The van der Waals surface area contributed by atoms with Gasteiger partial charge in [0.15, 0.2) is 0 Å². The van der Waals surface area contributed by atoms with Gasteiger partial charge in [-0.25, -0.2) is 0 Å². The highest BCUT2D eigenvalue weighted by atomic mass is 35.5. The Morgan fingerprint density at radius 2 is 2.05 bits per heavy atom. The van der Waals surface area contributed by atoms with Crippen LogP contribution in [-0.2, 0) is 6.54 Å². The number of hydrogen-bond acceptors (Lipinski definition) is 4. The molecule has 2 rings (SSSR count). The summed E-state index contributed by atoms with van der Waals surface area (Å²) in [5.41, 5.74) is 0.675. The summed E-state index contributed by atoms with van der Waals surface area (Å²) < 4.78 is 5.07. The van der Waals surface area contributed by atoms with E-state index in [0.29, 0.717) is 5.02 Å². The van der Waals surface area contributed by atoms with Gasteiger partial charge < -0.3 is 10.1 Å². The number of carbonyl (C=O) groups is 1. The second-order valence-electron chi connectivity index (χ2n) is 4.42. The molecule has 0 saturated heterocycles. The van der Waals surface area contributed by atoms with Crippen LogP contribution in [0.3, 0.4) is 0 Å². The zero-order chi connectivity index (χ0) is 16.1. The van der Waals surface area contributed by atoms with Crippen LogP contribution in [0.2, 0.25) is 5.02 Å². The number of nitro benzene ring substituents is 1. The fourth-order valence-corrected chi connectivity index (χ4v) is 2.10. The highest BCUT2D eigenvalue weighted by molar-refractivity contribution is 6.31.